The summed E-state index contributed by atoms with van der Waals surface area (Å²) in [6.07, 6.45) is 3.40. The standard InChI is InChI=1S/C24H19NO3S/c1-2-13-28-20-11-5-7-17(14-20)15-22-23(26)25(24(27)29-22)16-19-10-6-9-18-8-3-4-12-21(18)19/h2-12,14-15H,1,13,16H2/b22-15-. The quantitative estimate of drug-likeness (QED) is 0.396. The lowest BCUT2D eigenvalue weighted by molar-refractivity contribution is -0.123. The Bertz CT molecular complexity index is 1130. The predicted molar refractivity (Wildman–Crippen MR) is 118 cm³/mol. The second-order valence-electron chi connectivity index (χ2n) is 6.58. The van der Waals surface area contributed by atoms with Gasteiger partial charge in [0.05, 0.1) is 11.4 Å². The number of hydrogen-bond acceptors (Lipinski definition) is 4. The van der Waals surface area contributed by atoms with Gasteiger partial charge >= 0.3 is 0 Å². The summed E-state index contributed by atoms with van der Waals surface area (Å²) < 4.78 is 5.53. The summed E-state index contributed by atoms with van der Waals surface area (Å²) >= 11 is 0.967. The van der Waals surface area contributed by atoms with Crippen molar-refractivity contribution in [1.82, 2.24) is 4.90 Å². The molecule has 0 N–H and O–H groups in total. The Morgan fingerprint density at radius 1 is 1.00 bits per heavy atom. The summed E-state index contributed by atoms with van der Waals surface area (Å²) in [5.41, 5.74) is 1.76. The van der Waals surface area contributed by atoms with Gasteiger partial charge in [-0.1, -0.05) is 67.3 Å². The molecule has 1 saturated heterocycles. The van der Waals surface area contributed by atoms with Crippen LogP contribution in [0.25, 0.3) is 16.8 Å². The number of ether oxygens (including phenoxy) is 1. The average molecular weight is 401 g/mol. The molecule has 0 radical (unpaired) electrons. The lowest BCUT2D eigenvalue weighted by Gasteiger charge is -2.14. The largest absolute Gasteiger partial charge is 0.490 e. The van der Waals surface area contributed by atoms with Crippen LogP contribution in [0.15, 0.2) is 84.3 Å². The number of rotatable bonds is 6. The number of benzene rings is 3. The molecule has 1 heterocycles. The van der Waals surface area contributed by atoms with Crippen molar-refractivity contribution in [3.8, 4) is 5.75 Å². The van der Waals surface area contributed by atoms with E-state index in [4.69, 9.17) is 4.74 Å². The predicted octanol–water partition coefficient (Wildman–Crippen LogP) is 5.64. The van der Waals surface area contributed by atoms with E-state index in [0.29, 0.717) is 17.3 Å². The summed E-state index contributed by atoms with van der Waals surface area (Å²) in [5.74, 6) is 0.416. The summed E-state index contributed by atoms with van der Waals surface area (Å²) in [6, 6.07) is 21.3. The molecule has 0 spiro atoms. The van der Waals surface area contributed by atoms with Gasteiger partial charge in [0.1, 0.15) is 12.4 Å². The van der Waals surface area contributed by atoms with Crippen LogP contribution in [-0.2, 0) is 11.3 Å². The summed E-state index contributed by atoms with van der Waals surface area (Å²) in [5, 5.41) is 1.88. The average Bonchev–Trinajstić information content (AvgIpc) is 3.00. The van der Waals surface area contributed by atoms with Crippen LogP contribution in [0.2, 0.25) is 0 Å². The van der Waals surface area contributed by atoms with Crippen molar-refractivity contribution in [3.63, 3.8) is 0 Å². The topological polar surface area (TPSA) is 46.6 Å². The van der Waals surface area contributed by atoms with Crippen molar-refractivity contribution >= 4 is 39.8 Å². The molecule has 2 amide bonds. The van der Waals surface area contributed by atoms with Gasteiger partial charge in [0.25, 0.3) is 11.1 Å². The Morgan fingerprint density at radius 2 is 1.79 bits per heavy atom. The third-order valence-electron chi connectivity index (χ3n) is 4.61. The van der Waals surface area contributed by atoms with Crippen LogP contribution in [0.3, 0.4) is 0 Å². The first-order valence-corrected chi connectivity index (χ1v) is 10.0. The molecule has 0 bridgehead atoms. The molecule has 3 aromatic rings. The Kier molecular flexibility index (Phi) is 5.49. The molecule has 1 fully saturated rings. The fraction of sp³-hybridized carbons (Fsp3) is 0.0833. The minimum absolute atomic E-state index is 0.256. The highest BCUT2D eigenvalue weighted by molar-refractivity contribution is 8.18. The maximum atomic E-state index is 12.9. The number of hydrogen-bond donors (Lipinski definition) is 0. The third-order valence-corrected chi connectivity index (χ3v) is 5.51. The molecule has 0 atom stereocenters. The minimum Gasteiger partial charge on any atom is -0.490 e. The van der Waals surface area contributed by atoms with E-state index in [1.165, 1.54) is 4.90 Å². The Balaban J connectivity index is 1.57. The number of amides is 2. The van der Waals surface area contributed by atoms with Crippen molar-refractivity contribution in [1.29, 1.82) is 0 Å². The van der Waals surface area contributed by atoms with Crippen LogP contribution in [-0.4, -0.2) is 22.7 Å². The number of carbonyl (C=O) groups is 2. The second kappa shape index (κ2) is 8.37. The van der Waals surface area contributed by atoms with Gasteiger partial charge in [0, 0.05) is 0 Å². The van der Waals surface area contributed by atoms with Gasteiger partial charge in [-0.05, 0) is 51.9 Å². The van der Waals surface area contributed by atoms with E-state index >= 15 is 0 Å². The summed E-state index contributed by atoms with van der Waals surface area (Å²) in [6.45, 7) is 4.30. The van der Waals surface area contributed by atoms with Crippen LogP contribution in [0.5, 0.6) is 5.75 Å². The molecule has 0 saturated carbocycles. The zero-order chi connectivity index (χ0) is 20.2. The first-order chi connectivity index (χ1) is 14.2. The second-order valence-corrected chi connectivity index (χ2v) is 7.57. The highest BCUT2D eigenvalue weighted by atomic mass is 32.2. The van der Waals surface area contributed by atoms with Crippen molar-refractivity contribution in [3.05, 3.63) is 95.4 Å². The van der Waals surface area contributed by atoms with Gasteiger partial charge in [-0.15, -0.1) is 0 Å². The van der Waals surface area contributed by atoms with E-state index in [9.17, 15) is 9.59 Å². The number of carbonyl (C=O) groups excluding carboxylic acids is 2. The Morgan fingerprint density at radius 3 is 2.66 bits per heavy atom. The molecule has 4 nitrogen and oxygen atoms in total. The SMILES string of the molecule is C=CCOc1cccc(/C=C2\SC(=O)N(Cc3cccc4ccccc34)C2=O)c1. The van der Waals surface area contributed by atoms with Gasteiger partial charge in [0.15, 0.2) is 0 Å². The van der Waals surface area contributed by atoms with Gasteiger partial charge in [-0.2, -0.15) is 0 Å². The van der Waals surface area contributed by atoms with Crippen molar-refractivity contribution in [2.75, 3.05) is 6.61 Å². The number of imide groups is 1. The molecular formula is C24H19NO3S. The highest BCUT2D eigenvalue weighted by Gasteiger charge is 2.35. The van der Waals surface area contributed by atoms with E-state index in [0.717, 1.165) is 33.7 Å². The van der Waals surface area contributed by atoms with Crippen molar-refractivity contribution < 1.29 is 14.3 Å². The number of nitrogens with zero attached hydrogens (tertiary/aromatic N) is 1. The van der Waals surface area contributed by atoms with Crippen LogP contribution < -0.4 is 4.74 Å². The zero-order valence-electron chi connectivity index (χ0n) is 15.7. The summed E-state index contributed by atoms with van der Waals surface area (Å²) in [7, 11) is 0. The van der Waals surface area contributed by atoms with E-state index in [1.54, 1.807) is 12.2 Å². The van der Waals surface area contributed by atoms with Gasteiger partial charge in [0.2, 0.25) is 0 Å². The fourth-order valence-corrected chi connectivity index (χ4v) is 4.08. The molecule has 0 unspecified atom stereocenters. The third kappa shape index (κ3) is 4.10. The monoisotopic (exact) mass is 401 g/mol. The number of thioether (sulfide) groups is 1. The fourth-order valence-electron chi connectivity index (χ4n) is 3.24. The molecule has 3 aromatic carbocycles. The molecule has 0 aromatic heterocycles. The lowest BCUT2D eigenvalue weighted by Crippen LogP contribution is -2.27. The first kappa shape index (κ1) is 19.0. The maximum absolute atomic E-state index is 12.9. The molecule has 144 valence electrons. The minimum atomic E-state index is -0.273. The van der Waals surface area contributed by atoms with Crippen LogP contribution in [0.4, 0.5) is 4.79 Å². The van der Waals surface area contributed by atoms with Crippen LogP contribution >= 0.6 is 11.8 Å². The van der Waals surface area contributed by atoms with E-state index in [1.807, 2.05) is 66.7 Å². The molecule has 1 aliphatic heterocycles. The summed E-state index contributed by atoms with van der Waals surface area (Å²) in [4.78, 5) is 27.1. The Labute approximate surface area is 173 Å². The van der Waals surface area contributed by atoms with Gasteiger partial charge in [-0.25, -0.2) is 0 Å². The molecule has 4 rings (SSSR count). The van der Waals surface area contributed by atoms with Crippen molar-refractivity contribution in [2.45, 2.75) is 6.54 Å². The lowest BCUT2D eigenvalue weighted by atomic mass is 10.0. The maximum Gasteiger partial charge on any atom is 0.293 e. The van der Waals surface area contributed by atoms with Crippen LogP contribution in [0, 0.1) is 0 Å². The smallest absolute Gasteiger partial charge is 0.293 e. The first-order valence-electron chi connectivity index (χ1n) is 9.21. The van der Waals surface area contributed by atoms with E-state index in [2.05, 4.69) is 6.58 Å². The molecule has 1 aliphatic rings. The highest BCUT2D eigenvalue weighted by Crippen LogP contribution is 2.34. The zero-order valence-corrected chi connectivity index (χ0v) is 16.5. The van der Waals surface area contributed by atoms with E-state index < -0.39 is 0 Å². The molecule has 5 heteroatoms. The van der Waals surface area contributed by atoms with Crippen molar-refractivity contribution in [2.24, 2.45) is 0 Å². The molecular weight excluding hydrogens is 382 g/mol. The molecule has 0 aliphatic carbocycles. The van der Waals surface area contributed by atoms with E-state index in [-0.39, 0.29) is 17.7 Å². The molecule has 29 heavy (non-hydrogen) atoms. The number of fused-ring (bicyclic) bond motifs is 1. The normalized spacial score (nSPS) is 15.3. The Hall–Kier alpha value is -3.31. The van der Waals surface area contributed by atoms with Gasteiger partial charge in [-0.3, -0.25) is 14.5 Å². The van der Waals surface area contributed by atoms with Gasteiger partial charge < -0.3 is 4.74 Å². The van der Waals surface area contributed by atoms with Crippen LogP contribution in [0.1, 0.15) is 11.1 Å².